The summed E-state index contributed by atoms with van der Waals surface area (Å²) in [5.41, 5.74) is 5.07. The minimum absolute atomic E-state index is 0.0188. The molecule has 0 aliphatic rings. The Hall–Kier alpha value is -3.94. The van der Waals surface area contributed by atoms with Gasteiger partial charge in [0.1, 0.15) is 0 Å². The maximum atomic E-state index is 12.3. The number of H-pyrrole nitrogens is 1. The lowest BCUT2D eigenvalue weighted by Crippen LogP contribution is -2.26. The van der Waals surface area contributed by atoms with Crippen LogP contribution in [0.15, 0.2) is 77.8 Å². The van der Waals surface area contributed by atoms with E-state index in [0.717, 1.165) is 23.2 Å². The predicted molar refractivity (Wildman–Crippen MR) is 135 cm³/mol. The molecule has 0 bridgehead atoms. The Kier molecular flexibility index (Phi) is 7.06. The molecule has 0 aliphatic heterocycles. The highest BCUT2D eigenvalue weighted by molar-refractivity contribution is 6.22. The van der Waals surface area contributed by atoms with Gasteiger partial charge in [0.2, 0.25) is 0 Å². The highest BCUT2D eigenvalue weighted by Gasteiger charge is 2.19. The number of amides is 1. The first-order chi connectivity index (χ1) is 16.5. The summed E-state index contributed by atoms with van der Waals surface area (Å²) >= 11 is 0. The van der Waals surface area contributed by atoms with Crippen molar-refractivity contribution in [3.8, 4) is 5.88 Å². The first kappa shape index (κ1) is 23.2. The third-order valence-electron chi connectivity index (χ3n) is 5.40. The molecule has 7 nitrogen and oxygen atoms in total. The van der Waals surface area contributed by atoms with Crippen molar-refractivity contribution in [3.63, 3.8) is 0 Å². The van der Waals surface area contributed by atoms with Crippen LogP contribution in [-0.2, 0) is 6.54 Å². The highest BCUT2D eigenvalue weighted by Crippen LogP contribution is 2.32. The first-order valence-electron chi connectivity index (χ1n) is 11.1. The number of aliphatic imine (C=N–C) groups is 1. The van der Waals surface area contributed by atoms with Crippen LogP contribution in [-0.4, -0.2) is 59.0 Å². The van der Waals surface area contributed by atoms with Crippen molar-refractivity contribution in [2.45, 2.75) is 6.54 Å². The summed E-state index contributed by atoms with van der Waals surface area (Å²) in [6.07, 6.45) is 0. The number of benzene rings is 3. The van der Waals surface area contributed by atoms with E-state index in [0.29, 0.717) is 22.4 Å². The molecule has 0 unspecified atom stereocenters. The average molecular weight is 457 g/mol. The number of hydrogen-bond acceptors (Lipinski definition) is 5. The monoisotopic (exact) mass is 456 g/mol. The maximum Gasteiger partial charge on any atom is 0.251 e. The Bertz CT molecular complexity index is 1310. The van der Waals surface area contributed by atoms with Crippen molar-refractivity contribution in [3.05, 3.63) is 95.1 Å². The molecule has 4 N–H and O–H groups in total. The average Bonchev–Trinajstić information content (AvgIpc) is 3.17. The number of hydrogen-bond donors (Lipinski definition) is 4. The quantitative estimate of drug-likeness (QED) is 0.303. The van der Waals surface area contributed by atoms with Crippen LogP contribution < -0.4 is 5.32 Å². The normalized spacial score (nSPS) is 11.8. The SMILES string of the molecule is CN(C)Cc1ccc(N=C(c2ccccc2)c2c(O)[nH]c3cc(C(=O)NCCO)ccc23)cc1. The minimum Gasteiger partial charge on any atom is -0.494 e. The summed E-state index contributed by atoms with van der Waals surface area (Å²) in [6.45, 7) is 0.887. The molecule has 0 fully saturated rings. The van der Waals surface area contributed by atoms with Crippen molar-refractivity contribution in [2.75, 3.05) is 27.2 Å². The van der Waals surface area contributed by atoms with Crippen molar-refractivity contribution >= 4 is 28.2 Å². The van der Waals surface area contributed by atoms with Gasteiger partial charge in [0.25, 0.3) is 5.91 Å². The van der Waals surface area contributed by atoms with E-state index in [1.807, 2.05) is 68.7 Å². The number of aliphatic hydroxyl groups excluding tert-OH is 1. The summed E-state index contributed by atoms with van der Waals surface area (Å²) in [6, 6.07) is 22.9. The molecule has 0 radical (unpaired) electrons. The fourth-order valence-electron chi connectivity index (χ4n) is 3.87. The summed E-state index contributed by atoms with van der Waals surface area (Å²) in [4.78, 5) is 22.3. The van der Waals surface area contributed by atoms with Gasteiger partial charge in [-0.1, -0.05) is 48.5 Å². The lowest BCUT2D eigenvalue weighted by molar-refractivity contribution is 0.0945. The molecule has 34 heavy (non-hydrogen) atoms. The standard InChI is InChI=1S/C27H28N4O3/c1-31(2)17-18-8-11-21(12-9-18)29-25(19-6-4-3-5-7-19)24-22-13-10-20(26(33)28-14-15-32)16-23(22)30-27(24)34/h3-13,16,30,32,34H,14-15,17H2,1-2H3,(H,28,33). The molecule has 1 aromatic heterocycles. The maximum absolute atomic E-state index is 12.3. The number of nitrogens with zero attached hydrogens (tertiary/aromatic N) is 2. The molecular weight excluding hydrogens is 428 g/mol. The number of carbonyl (C=O) groups is 1. The van der Waals surface area contributed by atoms with Crippen LogP contribution in [0.1, 0.15) is 27.0 Å². The van der Waals surface area contributed by atoms with E-state index in [9.17, 15) is 9.90 Å². The first-order valence-corrected chi connectivity index (χ1v) is 11.1. The largest absolute Gasteiger partial charge is 0.494 e. The molecule has 4 aromatic rings. The van der Waals surface area contributed by atoms with Crippen LogP contribution >= 0.6 is 0 Å². The van der Waals surface area contributed by atoms with Crippen LogP contribution in [0.25, 0.3) is 10.9 Å². The Balaban J connectivity index is 1.79. The molecule has 1 heterocycles. The smallest absolute Gasteiger partial charge is 0.251 e. The Morgan fingerprint density at radius 1 is 1.00 bits per heavy atom. The van der Waals surface area contributed by atoms with Gasteiger partial charge in [0.05, 0.1) is 23.6 Å². The third kappa shape index (κ3) is 5.17. The van der Waals surface area contributed by atoms with Crippen molar-refractivity contribution < 1.29 is 15.0 Å². The molecule has 0 atom stereocenters. The third-order valence-corrected chi connectivity index (χ3v) is 5.40. The molecule has 1 amide bonds. The van der Waals surface area contributed by atoms with Gasteiger partial charge in [-0.2, -0.15) is 0 Å². The number of aliphatic hydroxyl groups is 1. The van der Waals surface area contributed by atoms with Gasteiger partial charge >= 0.3 is 0 Å². The second-order valence-corrected chi connectivity index (χ2v) is 8.32. The van der Waals surface area contributed by atoms with Crippen LogP contribution in [0, 0.1) is 0 Å². The highest BCUT2D eigenvalue weighted by atomic mass is 16.3. The molecule has 3 aromatic carbocycles. The van der Waals surface area contributed by atoms with E-state index >= 15 is 0 Å². The number of aromatic nitrogens is 1. The number of aromatic amines is 1. The van der Waals surface area contributed by atoms with Crippen LogP contribution in [0.4, 0.5) is 5.69 Å². The van der Waals surface area contributed by atoms with Gasteiger partial charge in [-0.3, -0.25) is 4.79 Å². The zero-order valence-corrected chi connectivity index (χ0v) is 19.2. The Labute approximate surface area is 198 Å². The molecule has 0 saturated carbocycles. The number of fused-ring (bicyclic) bond motifs is 1. The molecule has 0 aliphatic carbocycles. The summed E-state index contributed by atoms with van der Waals surface area (Å²) in [5.74, 6) is -0.309. The number of rotatable bonds is 8. The van der Waals surface area contributed by atoms with Crippen molar-refractivity contribution in [1.82, 2.24) is 15.2 Å². The Morgan fingerprint density at radius 2 is 1.74 bits per heavy atom. The second-order valence-electron chi connectivity index (χ2n) is 8.32. The second kappa shape index (κ2) is 10.3. The fraction of sp³-hybridized carbons (Fsp3) is 0.185. The molecule has 0 spiro atoms. The number of aromatic hydroxyl groups is 1. The van der Waals surface area contributed by atoms with Crippen LogP contribution in [0.2, 0.25) is 0 Å². The van der Waals surface area contributed by atoms with E-state index in [4.69, 9.17) is 10.1 Å². The zero-order chi connectivity index (χ0) is 24.1. The molecule has 4 rings (SSSR count). The zero-order valence-electron chi connectivity index (χ0n) is 19.2. The van der Waals surface area contributed by atoms with E-state index in [1.54, 1.807) is 18.2 Å². The minimum atomic E-state index is -0.290. The van der Waals surface area contributed by atoms with Gasteiger partial charge in [-0.05, 0) is 43.9 Å². The van der Waals surface area contributed by atoms with Gasteiger partial charge in [0, 0.05) is 35.1 Å². The molecule has 174 valence electrons. The number of nitrogens with one attached hydrogen (secondary N) is 2. The van der Waals surface area contributed by atoms with E-state index in [-0.39, 0.29) is 24.9 Å². The fourth-order valence-corrected chi connectivity index (χ4v) is 3.87. The van der Waals surface area contributed by atoms with Gasteiger partial charge in [-0.15, -0.1) is 0 Å². The van der Waals surface area contributed by atoms with Gasteiger partial charge < -0.3 is 25.4 Å². The molecular formula is C27H28N4O3. The lowest BCUT2D eigenvalue weighted by Gasteiger charge is -2.10. The van der Waals surface area contributed by atoms with Crippen molar-refractivity contribution in [1.29, 1.82) is 0 Å². The topological polar surface area (TPSA) is 101 Å². The molecule has 0 saturated heterocycles. The number of carbonyl (C=O) groups excluding carboxylic acids is 1. The van der Waals surface area contributed by atoms with Gasteiger partial charge in [-0.25, -0.2) is 4.99 Å². The van der Waals surface area contributed by atoms with E-state index in [1.165, 1.54) is 5.56 Å². The lowest BCUT2D eigenvalue weighted by atomic mass is 10.00. The van der Waals surface area contributed by atoms with Gasteiger partial charge in [0.15, 0.2) is 5.88 Å². The van der Waals surface area contributed by atoms with E-state index in [2.05, 4.69) is 15.2 Å². The van der Waals surface area contributed by atoms with E-state index < -0.39 is 0 Å². The summed E-state index contributed by atoms with van der Waals surface area (Å²) < 4.78 is 0. The van der Waals surface area contributed by atoms with Crippen LogP contribution in [0.5, 0.6) is 5.88 Å². The summed E-state index contributed by atoms with van der Waals surface area (Å²) in [7, 11) is 4.06. The van der Waals surface area contributed by atoms with Crippen molar-refractivity contribution in [2.24, 2.45) is 4.99 Å². The van der Waals surface area contributed by atoms with Crippen LogP contribution in [0.3, 0.4) is 0 Å². The molecule has 7 heteroatoms. The summed E-state index contributed by atoms with van der Waals surface area (Å²) in [5, 5.41) is 23.2. The predicted octanol–water partition coefficient (Wildman–Crippen LogP) is 3.83. The Morgan fingerprint density at radius 3 is 2.41 bits per heavy atom.